The zero-order chi connectivity index (χ0) is 13.2. The van der Waals surface area contributed by atoms with E-state index in [1.165, 1.54) is 6.42 Å². The van der Waals surface area contributed by atoms with E-state index in [0.29, 0.717) is 11.2 Å². The first-order chi connectivity index (χ1) is 9.24. The molecule has 19 heavy (non-hydrogen) atoms. The van der Waals surface area contributed by atoms with Gasteiger partial charge in [0.1, 0.15) is 10.6 Å². The number of aromatic nitrogens is 2. The smallest absolute Gasteiger partial charge is 0.225 e. The van der Waals surface area contributed by atoms with Gasteiger partial charge < -0.3 is 9.64 Å². The van der Waals surface area contributed by atoms with Crippen molar-refractivity contribution in [3.63, 3.8) is 0 Å². The van der Waals surface area contributed by atoms with Crippen molar-refractivity contribution in [1.82, 2.24) is 9.97 Å². The van der Waals surface area contributed by atoms with Gasteiger partial charge in [0.15, 0.2) is 0 Å². The fourth-order valence-electron chi connectivity index (χ4n) is 2.53. The molecule has 0 N–H and O–H groups in total. The van der Waals surface area contributed by atoms with Crippen LogP contribution in [0.2, 0.25) is 5.28 Å². The van der Waals surface area contributed by atoms with Crippen molar-refractivity contribution >= 4 is 39.0 Å². The molecule has 1 saturated heterocycles. The lowest BCUT2D eigenvalue weighted by atomic mass is 10.0. The van der Waals surface area contributed by atoms with Gasteiger partial charge in [-0.1, -0.05) is 0 Å². The molecule has 1 aliphatic rings. The third kappa shape index (κ3) is 2.83. The molecule has 6 heteroatoms. The van der Waals surface area contributed by atoms with Gasteiger partial charge in [-0.25, -0.2) is 4.98 Å². The summed E-state index contributed by atoms with van der Waals surface area (Å²) >= 11 is 7.59. The average Bonchev–Trinajstić information content (AvgIpc) is 2.86. The van der Waals surface area contributed by atoms with Gasteiger partial charge in [0, 0.05) is 20.2 Å². The largest absolute Gasteiger partial charge is 0.381 e. The van der Waals surface area contributed by atoms with E-state index in [9.17, 15) is 0 Å². The quantitative estimate of drug-likeness (QED) is 0.816. The number of nitrogens with zero attached hydrogens (tertiary/aromatic N) is 3. The van der Waals surface area contributed by atoms with Crippen LogP contribution in [0.25, 0.3) is 10.2 Å². The first kappa shape index (κ1) is 13.1. The normalized spacial score (nSPS) is 19.8. The lowest BCUT2D eigenvalue weighted by molar-refractivity contribution is 0.0576. The van der Waals surface area contributed by atoms with Crippen LogP contribution in [-0.2, 0) is 4.74 Å². The van der Waals surface area contributed by atoms with Crippen LogP contribution in [0.15, 0.2) is 11.4 Å². The first-order valence-electron chi connectivity index (χ1n) is 6.43. The number of anilines is 1. The molecule has 1 fully saturated rings. The van der Waals surface area contributed by atoms with E-state index in [0.717, 1.165) is 42.2 Å². The Labute approximate surface area is 121 Å². The molecule has 0 radical (unpaired) electrons. The van der Waals surface area contributed by atoms with Crippen molar-refractivity contribution in [3.05, 3.63) is 16.7 Å². The Bertz CT molecular complexity index is 568. The van der Waals surface area contributed by atoms with Crippen molar-refractivity contribution in [1.29, 1.82) is 0 Å². The molecule has 0 aliphatic carbocycles. The standard InChI is InChI=1S/C13H16ClN3OS/c1-17(7-9-3-2-5-18-8-9)11-10-4-6-19-12(10)16-13(14)15-11/h4,6,9H,2-3,5,7-8H2,1H3. The highest BCUT2D eigenvalue weighted by Gasteiger charge is 2.19. The van der Waals surface area contributed by atoms with Gasteiger partial charge in [-0.15, -0.1) is 11.3 Å². The summed E-state index contributed by atoms with van der Waals surface area (Å²) in [6, 6.07) is 2.06. The van der Waals surface area contributed by atoms with Crippen LogP contribution in [0, 0.1) is 5.92 Å². The van der Waals surface area contributed by atoms with E-state index < -0.39 is 0 Å². The molecule has 1 atom stereocenters. The summed E-state index contributed by atoms with van der Waals surface area (Å²) in [4.78, 5) is 11.7. The monoisotopic (exact) mass is 297 g/mol. The molecular formula is C13H16ClN3OS. The number of thiophene rings is 1. The number of fused-ring (bicyclic) bond motifs is 1. The van der Waals surface area contributed by atoms with Crippen molar-refractivity contribution < 1.29 is 4.74 Å². The highest BCUT2D eigenvalue weighted by molar-refractivity contribution is 7.16. The van der Waals surface area contributed by atoms with E-state index >= 15 is 0 Å². The second-order valence-corrected chi connectivity index (χ2v) is 6.15. The van der Waals surface area contributed by atoms with Crippen molar-refractivity contribution in [2.75, 3.05) is 31.7 Å². The molecule has 0 aromatic carbocycles. The predicted molar refractivity (Wildman–Crippen MR) is 79.2 cm³/mol. The van der Waals surface area contributed by atoms with Crippen LogP contribution in [-0.4, -0.2) is 36.8 Å². The van der Waals surface area contributed by atoms with E-state index in [4.69, 9.17) is 16.3 Å². The lowest BCUT2D eigenvalue weighted by Crippen LogP contribution is -2.31. The summed E-state index contributed by atoms with van der Waals surface area (Å²) in [6.45, 7) is 2.68. The molecule has 4 nitrogen and oxygen atoms in total. The molecule has 2 aromatic rings. The van der Waals surface area contributed by atoms with Gasteiger partial charge in [0.2, 0.25) is 5.28 Å². The van der Waals surface area contributed by atoms with Crippen LogP contribution in [0.4, 0.5) is 5.82 Å². The maximum atomic E-state index is 6.00. The first-order valence-corrected chi connectivity index (χ1v) is 7.69. The number of ether oxygens (including phenoxy) is 1. The van der Waals surface area contributed by atoms with Crippen molar-refractivity contribution in [2.24, 2.45) is 5.92 Å². The summed E-state index contributed by atoms with van der Waals surface area (Å²) in [7, 11) is 2.06. The maximum Gasteiger partial charge on any atom is 0.225 e. The summed E-state index contributed by atoms with van der Waals surface area (Å²) in [5.41, 5.74) is 0. The summed E-state index contributed by atoms with van der Waals surface area (Å²) < 4.78 is 5.53. The Morgan fingerprint density at radius 2 is 2.42 bits per heavy atom. The lowest BCUT2D eigenvalue weighted by Gasteiger charge is -2.28. The molecule has 102 valence electrons. The zero-order valence-electron chi connectivity index (χ0n) is 10.8. The Hall–Kier alpha value is -0.910. The highest BCUT2D eigenvalue weighted by Crippen LogP contribution is 2.29. The molecule has 0 bridgehead atoms. The van der Waals surface area contributed by atoms with Gasteiger partial charge in [-0.3, -0.25) is 0 Å². The third-order valence-electron chi connectivity index (χ3n) is 3.43. The van der Waals surface area contributed by atoms with Crippen LogP contribution < -0.4 is 4.90 Å². The van der Waals surface area contributed by atoms with Gasteiger partial charge >= 0.3 is 0 Å². The van der Waals surface area contributed by atoms with E-state index in [1.54, 1.807) is 11.3 Å². The van der Waals surface area contributed by atoms with Crippen LogP contribution in [0.3, 0.4) is 0 Å². The number of halogens is 1. The van der Waals surface area contributed by atoms with Crippen LogP contribution in [0.5, 0.6) is 0 Å². The van der Waals surface area contributed by atoms with Gasteiger partial charge in [-0.05, 0) is 41.8 Å². The van der Waals surface area contributed by atoms with Crippen LogP contribution >= 0.6 is 22.9 Å². The average molecular weight is 298 g/mol. The Kier molecular flexibility index (Phi) is 3.86. The highest BCUT2D eigenvalue weighted by atomic mass is 35.5. The number of hydrogen-bond donors (Lipinski definition) is 0. The zero-order valence-corrected chi connectivity index (χ0v) is 12.4. The maximum absolute atomic E-state index is 6.00. The summed E-state index contributed by atoms with van der Waals surface area (Å²) in [5.74, 6) is 1.49. The fraction of sp³-hybridized carbons (Fsp3) is 0.538. The van der Waals surface area contributed by atoms with Gasteiger partial charge in [0.25, 0.3) is 0 Å². The summed E-state index contributed by atoms with van der Waals surface area (Å²) in [6.07, 6.45) is 2.37. The molecule has 1 aliphatic heterocycles. The Balaban J connectivity index is 1.83. The van der Waals surface area contributed by atoms with Crippen molar-refractivity contribution in [3.8, 4) is 0 Å². The summed E-state index contributed by atoms with van der Waals surface area (Å²) in [5, 5.41) is 3.42. The second kappa shape index (κ2) is 5.61. The molecule has 0 saturated carbocycles. The molecule has 0 amide bonds. The number of hydrogen-bond acceptors (Lipinski definition) is 5. The van der Waals surface area contributed by atoms with Gasteiger partial charge in [0.05, 0.1) is 12.0 Å². The molecule has 3 rings (SSSR count). The van der Waals surface area contributed by atoms with E-state index in [2.05, 4.69) is 28.0 Å². The fourth-order valence-corrected chi connectivity index (χ4v) is 3.50. The second-order valence-electron chi connectivity index (χ2n) is 4.92. The van der Waals surface area contributed by atoms with Crippen molar-refractivity contribution in [2.45, 2.75) is 12.8 Å². The molecular weight excluding hydrogens is 282 g/mol. The molecule has 3 heterocycles. The topological polar surface area (TPSA) is 38.2 Å². The molecule has 0 spiro atoms. The van der Waals surface area contributed by atoms with Crippen LogP contribution in [0.1, 0.15) is 12.8 Å². The minimum Gasteiger partial charge on any atom is -0.381 e. The SMILES string of the molecule is CN(CC1CCCOC1)c1nc(Cl)nc2sccc12. The Morgan fingerprint density at radius 1 is 1.53 bits per heavy atom. The Morgan fingerprint density at radius 3 is 3.21 bits per heavy atom. The minimum absolute atomic E-state index is 0.316. The third-order valence-corrected chi connectivity index (χ3v) is 4.40. The minimum atomic E-state index is 0.316. The predicted octanol–water partition coefficient (Wildman–Crippen LogP) is 3.21. The van der Waals surface area contributed by atoms with Gasteiger partial charge in [-0.2, -0.15) is 4.98 Å². The van der Waals surface area contributed by atoms with E-state index in [1.807, 2.05) is 5.38 Å². The van der Waals surface area contributed by atoms with E-state index in [-0.39, 0.29) is 0 Å². The molecule has 2 aromatic heterocycles. The number of rotatable bonds is 3. The molecule has 1 unspecified atom stereocenters.